The minimum absolute atomic E-state index is 0.339. The van der Waals surface area contributed by atoms with Crippen molar-refractivity contribution in [2.75, 3.05) is 38.2 Å². The van der Waals surface area contributed by atoms with Crippen LogP contribution in [0.15, 0.2) is 24.3 Å². The molecule has 140 valence electrons. The Morgan fingerprint density at radius 2 is 1.77 bits per heavy atom. The summed E-state index contributed by atoms with van der Waals surface area (Å²) in [7, 11) is 3.78. The predicted octanol–water partition coefficient (Wildman–Crippen LogP) is 1.35. The van der Waals surface area contributed by atoms with Crippen molar-refractivity contribution >= 4 is 5.69 Å². The molecule has 7 nitrogen and oxygen atoms in total. The number of benzene rings is 1. The molecule has 1 aromatic heterocycles. The van der Waals surface area contributed by atoms with Gasteiger partial charge in [-0.2, -0.15) is 0 Å². The molecule has 7 heteroatoms. The van der Waals surface area contributed by atoms with Crippen LogP contribution in [0.3, 0.4) is 0 Å². The molecule has 1 aliphatic carbocycles. The van der Waals surface area contributed by atoms with Gasteiger partial charge in [0.2, 0.25) is 0 Å². The molecule has 1 aromatic carbocycles. The fourth-order valence-electron chi connectivity index (χ4n) is 3.90. The Kier molecular flexibility index (Phi) is 4.82. The third kappa shape index (κ3) is 3.41. The number of hydrogen-bond acceptors (Lipinski definition) is 6. The molecule has 26 heavy (non-hydrogen) atoms. The number of rotatable bonds is 5. The summed E-state index contributed by atoms with van der Waals surface area (Å²) in [5.41, 5.74) is 7.17. The summed E-state index contributed by atoms with van der Waals surface area (Å²) in [5.74, 6) is 3.54. The summed E-state index contributed by atoms with van der Waals surface area (Å²) < 4.78 is 7.41. The number of aromatic nitrogens is 3. The van der Waals surface area contributed by atoms with Gasteiger partial charge in [0.05, 0.1) is 13.7 Å². The smallest absolute Gasteiger partial charge is 0.146 e. The van der Waals surface area contributed by atoms with Crippen LogP contribution >= 0.6 is 0 Å². The second-order valence-corrected chi connectivity index (χ2v) is 7.42. The zero-order valence-corrected chi connectivity index (χ0v) is 15.6. The molecule has 4 rings (SSSR count). The van der Waals surface area contributed by atoms with Gasteiger partial charge in [0, 0.05) is 50.9 Å². The molecule has 0 bridgehead atoms. The standard InChI is InChI=1S/C19H28N6O/c1-23-18(21-22-19(23)14-11-15(20)12-14)13-24-7-9-25(10-8-24)16-3-5-17(26-2)6-4-16/h3-6,14-15H,7-13,20H2,1-2H3. The fraction of sp³-hybridized carbons (Fsp3) is 0.579. The topological polar surface area (TPSA) is 72.4 Å². The van der Waals surface area contributed by atoms with Gasteiger partial charge in [0.15, 0.2) is 0 Å². The quantitative estimate of drug-likeness (QED) is 0.872. The number of nitrogens with two attached hydrogens (primary N) is 1. The molecule has 0 atom stereocenters. The zero-order valence-electron chi connectivity index (χ0n) is 15.6. The summed E-state index contributed by atoms with van der Waals surface area (Å²) in [6.45, 7) is 4.97. The van der Waals surface area contributed by atoms with Gasteiger partial charge in [0.25, 0.3) is 0 Å². The zero-order chi connectivity index (χ0) is 18.1. The molecule has 0 spiro atoms. The molecule has 2 aromatic rings. The fourth-order valence-corrected chi connectivity index (χ4v) is 3.90. The van der Waals surface area contributed by atoms with Crippen molar-refractivity contribution in [1.29, 1.82) is 0 Å². The number of piperazine rings is 1. The number of hydrogen-bond donors (Lipinski definition) is 1. The summed E-state index contributed by atoms with van der Waals surface area (Å²) in [6, 6.07) is 8.65. The first-order valence-corrected chi connectivity index (χ1v) is 9.39. The summed E-state index contributed by atoms with van der Waals surface area (Å²) >= 11 is 0. The van der Waals surface area contributed by atoms with Crippen LogP contribution in [-0.2, 0) is 13.6 Å². The average molecular weight is 356 g/mol. The second kappa shape index (κ2) is 7.25. The van der Waals surface area contributed by atoms with Gasteiger partial charge in [-0.15, -0.1) is 10.2 Å². The maximum atomic E-state index is 5.91. The Morgan fingerprint density at radius 1 is 1.08 bits per heavy atom. The van der Waals surface area contributed by atoms with E-state index in [4.69, 9.17) is 10.5 Å². The van der Waals surface area contributed by atoms with Gasteiger partial charge in [0.1, 0.15) is 17.4 Å². The highest BCUT2D eigenvalue weighted by atomic mass is 16.5. The number of nitrogens with zero attached hydrogens (tertiary/aromatic N) is 5. The lowest BCUT2D eigenvalue weighted by molar-refractivity contribution is 0.240. The summed E-state index contributed by atoms with van der Waals surface area (Å²) in [5, 5.41) is 8.86. The number of ether oxygens (including phenoxy) is 1. The lowest BCUT2D eigenvalue weighted by Crippen LogP contribution is -2.46. The average Bonchev–Trinajstić information content (AvgIpc) is 3.00. The van der Waals surface area contributed by atoms with E-state index in [2.05, 4.69) is 43.7 Å². The molecule has 1 saturated carbocycles. The monoisotopic (exact) mass is 356 g/mol. The van der Waals surface area contributed by atoms with Crippen LogP contribution in [0.1, 0.15) is 30.4 Å². The van der Waals surface area contributed by atoms with E-state index in [1.807, 2.05) is 12.1 Å². The Balaban J connectivity index is 1.32. The van der Waals surface area contributed by atoms with E-state index in [0.717, 1.165) is 63.0 Å². The molecule has 2 fully saturated rings. The Labute approximate surface area is 154 Å². The Hall–Kier alpha value is -2.12. The maximum absolute atomic E-state index is 5.91. The van der Waals surface area contributed by atoms with Gasteiger partial charge in [-0.25, -0.2) is 0 Å². The van der Waals surface area contributed by atoms with E-state index in [9.17, 15) is 0 Å². The highest BCUT2D eigenvalue weighted by Gasteiger charge is 2.31. The van der Waals surface area contributed by atoms with Crippen molar-refractivity contribution in [2.45, 2.75) is 31.3 Å². The highest BCUT2D eigenvalue weighted by Crippen LogP contribution is 2.34. The lowest BCUT2D eigenvalue weighted by atomic mass is 9.80. The van der Waals surface area contributed by atoms with Gasteiger partial charge in [-0.3, -0.25) is 4.90 Å². The van der Waals surface area contributed by atoms with Crippen LogP contribution in [0.5, 0.6) is 5.75 Å². The van der Waals surface area contributed by atoms with Crippen molar-refractivity contribution < 1.29 is 4.74 Å². The van der Waals surface area contributed by atoms with Crippen LogP contribution in [0.2, 0.25) is 0 Å². The van der Waals surface area contributed by atoms with E-state index < -0.39 is 0 Å². The molecule has 0 unspecified atom stereocenters. The third-order valence-electron chi connectivity index (χ3n) is 5.71. The van der Waals surface area contributed by atoms with Crippen LogP contribution < -0.4 is 15.4 Å². The van der Waals surface area contributed by atoms with E-state index in [0.29, 0.717) is 12.0 Å². The van der Waals surface area contributed by atoms with Gasteiger partial charge in [-0.05, 0) is 37.1 Å². The van der Waals surface area contributed by atoms with Crippen LogP contribution in [0, 0.1) is 0 Å². The van der Waals surface area contributed by atoms with Gasteiger partial charge >= 0.3 is 0 Å². The van der Waals surface area contributed by atoms with Gasteiger partial charge in [-0.1, -0.05) is 0 Å². The van der Waals surface area contributed by atoms with Crippen LogP contribution in [0.25, 0.3) is 0 Å². The molecular formula is C19H28N6O. The Bertz CT molecular complexity index is 729. The van der Waals surface area contributed by atoms with Crippen molar-refractivity contribution in [2.24, 2.45) is 12.8 Å². The summed E-state index contributed by atoms with van der Waals surface area (Å²) in [4.78, 5) is 4.88. The highest BCUT2D eigenvalue weighted by molar-refractivity contribution is 5.49. The first kappa shape index (κ1) is 17.3. The predicted molar refractivity (Wildman–Crippen MR) is 101 cm³/mol. The van der Waals surface area contributed by atoms with E-state index >= 15 is 0 Å². The van der Waals surface area contributed by atoms with Gasteiger partial charge < -0.3 is 19.9 Å². The molecular weight excluding hydrogens is 328 g/mol. The third-order valence-corrected chi connectivity index (χ3v) is 5.71. The van der Waals surface area contributed by atoms with Crippen LogP contribution in [-0.4, -0.2) is 59.0 Å². The minimum Gasteiger partial charge on any atom is -0.497 e. The number of anilines is 1. The first-order valence-electron chi connectivity index (χ1n) is 9.39. The van der Waals surface area contributed by atoms with Crippen molar-refractivity contribution in [3.8, 4) is 5.75 Å². The SMILES string of the molecule is COc1ccc(N2CCN(Cc3nnc(C4CC(N)C4)n3C)CC2)cc1. The second-order valence-electron chi connectivity index (χ2n) is 7.42. The Morgan fingerprint density at radius 3 is 2.38 bits per heavy atom. The maximum Gasteiger partial charge on any atom is 0.146 e. The molecule has 0 radical (unpaired) electrons. The molecule has 0 amide bonds. The minimum atomic E-state index is 0.339. The van der Waals surface area contributed by atoms with E-state index in [1.165, 1.54) is 5.69 Å². The lowest BCUT2D eigenvalue weighted by Gasteiger charge is -2.36. The molecule has 1 saturated heterocycles. The van der Waals surface area contributed by atoms with Crippen molar-refractivity contribution in [3.63, 3.8) is 0 Å². The van der Waals surface area contributed by atoms with E-state index in [-0.39, 0.29) is 0 Å². The molecule has 2 N–H and O–H groups in total. The van der Waals surface area contributed by atoms with Crippen molar-refractivity contribution in [3.05, 3.63) is 35.9 Å². The summed E-state index contributed by atoms with van der Waals surface area (Å²) in [6.07, 6.45) is 2.07. The largest absolute Gasteiger partial charge is 0.497 e. The molecule has 1 aliphatic heterocycles. The number of methoxy groups -OCH3 is 1. The molecule has 2 heterocycles. The normalized spacial score (nSPS) is 23.7. The van der Waals surface area contributed by atoms with Crippen molar-refractivity contribution in [1.82, 2.24) is 19.7 Å². The van der Waals surface area contributed by atoms with E-state index in [1.54, 1.807) is 7.11 Å². The first-order chi connectivity index (χ1) is 12.6. The van der Waals surface area contributed by atoms with Crippen LogP contribution in [0.4, 0.5) is 5.69 Å². The molecule has 2 aliphatic rings.